The Kier molecular flexibility index (Phi) is 5.44. The molecule has 1 saturated heterocycles. The van der Waals surface area contributed by atoms with Crippen LogP contribution in [0, 0.1) is 0 Å². The zero-order valence-corrected chi connectivity index (χ0v) is 12.8. The first kappa shape index (κ1) is 15.6. The van der Waals surface area contributed by atoms with Crippen LogP contribution in [-0.2, 0) is 4.74 Å². The molecule has 1 aromatic rings. The summed E-state index contributed by atoms with van der Waals surface area (Å²) in [5, 5.41) is 0.453. The molecule has 1 fully saturated rings. The van der Waals surface area contributed by atoms with Crippen LogP contribution in [0.4, 0.5) is 4.79 Å². The summed E-state index contributed by atoms with van der Waals surface area (Å²) in [6.07, 6.45) is 0.416. The van der Waals surface area contributed by atoms with Gasteiger partial charge in [0.2, 0.25) is 0 Å². The van der Waals surface area contributed by atoms with Crippen LogP contribution in [0.2, 0.25) is 5.02 Å². The van der Waals surface area contributed by atoms with Crippen molar-refractivity contribution in [2.45, 2.75) is 13.3 Å². The average Bonchev–Trinajstić information content (AvgIpc) is 2.73. The van der Waals surface area contributed by atoms with Gasteiger partial charge in [0.25, 0.3) is 5.91 Å². The van der Waals surface area contributed by atoms with E-state index in [4.69, 9.17) is 16.3 Å². The Morgan fingerprint density at radius 3 is 2.52 bits per heavy atom. The third-order valence-electron chi connectivity index (χ3n) is 3.41. The van der Waals surface area contributed by atoms with Gasteiger partial charge < -0.3 is 14.5 Å². The van der Waals surface area contributed by atoms with E-state index in [0.29, 0.717) is 43.4 Å². The lowest BCUT2D eigenvalue weighted by Gasteiger charge is -2.22. The Bertz CT molecular complexity index is 521. The number of ether oxygens (including phenoxy) is 1. The Labute approximate surface area is 129 Å². The Morgan fingerprint density at radius 2 is 1.81 bits per heavy atom. The molecule has 0 N–H and O–H groups in total. The number of hydrogen-bond acceptors (Lipinski definition) is 3. The number of carbonyl (C=O) groups excluding carboxylic acids is 2. The number of carbonyl (C=O) groups is 2. The van der Waals surface area contributed by atoms with Crippen molar-refractivity contribution in [1.29, 1.82) is 0 Å². The van der Waals surface area contributed by atoms with Crippen LogP contribution in [0.15, 0.2) is 24.3 Å². The van der Waals surface area contributed by atoms with Gasteiger partial charge in [0.15, 0.2) is 0 Å². The van der Waals surface area contributed by atoms with Crippen LogP contribution in [0.25, 0.3) is 0 Å². The van der Waals surface area contributed by atoms with E-state index in [1.165, 1.54) is 0 Å². The highest BCUT2D eigenvalue weighted by atomic mass is 35.5. The molecule has 0 saturated carbocycles. The predicted octanol–water partition coefficient (Wildman–Crippen LogP) is 2.64. The highest BCUT2D eigenvalue weighted by molar-refractivity contribution is 6.33. The van der Waals surface area contributed by atoms with Gasteiger partial charge in [0.05, 0.1) is 17.2 Å². The molecule has 6 heteroatoms. The van der Waals surface area contributed by atoms with E-state index in [-0.39, 0.29) is 12.0 Å². The second kappa shape index (κ2) is 7.31. The van der Waals surface area contributed by atoms with E-state index in [2.05, 4.69) is 0 Å². The van der Waals surface area contributed by atoms with Crippen molar-refractivity contribution >= 4 is 23.6 Å². The standard InChI is InChI=1S/C15H19ClN2O3/c1-2-21-15(20)18-9-5-8-17(10-11-18)14(19)12-6-3-4-7-13(12)16/h3-4,6-7H,2,5,8-11H2,1H3. The third-order valence-corrected chi connectivity index (χ3v) is 3.74. The maximum Gasteiger partial charge on any atom is 0.409 e. The number of amides is 2. The maximum absolute atomic E-state index is 12.5. The molecule has 114 valence electrons. The predicted molar refractivity (Wildman–Crippen MR) is 80.6 cm³/mol. The maximum atomic E-state index is 12.5. The minimum atomic E-state index is -0.315. The van der Waals surface area contributed by atoms with Crippen molar-refractivity contribution in [3.05, 3.63) is 34.9 Å². The summed E-state index contributed by atoms with van der Waals surface area (Å²) in [6, 6.07) is 7.02. The van der Waals surface area contributed by atoms with Gasteiger partial charge in [-0.2, -0.15) is 0 Å². The molecule has 21 heavy (non-hydrogen) atoms. The summed E-state index contributed by atoms with van der Waals surface area (Å²) in [5.74, 6) is -0.0914. The van der Waals surface area contributed by atoms with Crippen molar-refractivity contribution in [3.63, 3.8) is 0 Å². The topological polar surface area (TPSA) is 49.9 Å². The first-order valence-corrected chi connectivity index (χ1v) is 7.46. The van der Waals surface area contributed by atoms with Crippen LogP contribution >= 0.6 is 11.6 Å². The molecule has 5 nitrogen and oxygen atoms in total. The molecule has 0 radical (unpaired) electrons. The van der Waals surface area contributed by atoms with Gasteiger partial charge >= 0.3 is 6.09 Å². The van der Waals surface area contributed by atoms with Crippen LogP contribution in [0.1, 0.15) is 23.7 Å². The second-order valence-corrected chi connectivity index (χ2v) is 5.22. The lowest BCUT2D eigenvalue weighted by molar-refractivity contribution is 0.0753. The first-order chi connectivity index (χ1) is 10.1. The summed E-state index contributed by atoms with van der Waals surface area (Å²) in [7, 11) is 0. The quantitative estimate of drug-likeness (QED) is 0.844. The minimum Gasteiger partial charge on any atom is -0.450 e. The van der Waals surface area contributed by atoms with Gasteiger partial charge in [-0.25, -0.2) is 4.79 Å². The number of nitrogens with zero attached hydrogens (tertiary/aromatic N) is 2. The Balaban J connectivity index is 2.01. The fourth-order valence-corrected chi connectivity index (χ4v) is 2.54. The van der Waals surface area contributed by atoms with Crippen LogP contribution < -0.4 is 0 Å². The average molecular weight is 311 g/mol. The van der Waals surface area contributed by atoms with E-state index in [0.717, 1.165) is 6.42 Å². The Hall–Kier alpha value is -1.75. The molecular formula is C15H19ClN2O3. The van der Waals surface area contributed by atoms with E-state index >= 15 is 0 Å². The van der Waals surface area contributed by atoms with Crippen LogP contribution in [0.5, 0.6) is 0 Å². The largest absolute Gasteiger partial charge is 0.450 e. The summed E-state index contributed by atoms with van der Waals surface area (Å²) in [5.41, 5.74) is 0.503. The van der Waals surface area contributed by atoms with Gasteiger partial charge in [-0.1, -0.05) is 23.7 Å². The summed E-state index contributed by atoms with van der Waals surface area (Å²) in [4.78, 5) is 27.6. The zero-order valence-electron chi connectivity index (χ0n) is 12.0. The fourth-order valence-electron chi connectivity index (χ4n) is 2.32. The molecule has 0 bridgehead atoms. The summed E-state index contributed by atoms with van der Waals surface area (Å²) in [6.45, 7) is 4.32. The molecule has 1 heterocycles. The van der Waals surface area contributed by atoms with Gasteiger partial charge in [0, 0.05) is 26.2 Å². The molecule has 2 amide bonds. The van der Waals surface area contributed by atoms with Crippen molar-refractivity contribution < 1.29 is 14.3 Å². The molecule has 0 unspecified atom stereocenters. The number of rotatable bonds is 2. The fraction of sp³-hybridized carbons (Fsp3) is 0.467. The highest BCUT2D eigenvalue weighted by Crippen LogP contribution is 2.18. The SMILES string of the molecule is CCOC(=O)N1CCCN(C(=O)c2ccccc2Cl)CC1. The van der Waals surface area contributed by atoms with Crippen molar-refractivity contribution in [2.24, 2.45) is 0 Å². The minimum absolute atomic E-state index is 0.0914. The zero-order chi connectivity index (χ0) is 15.2. The molecule has 2 rings (SSSR count). The summed E-state index contributed by atoms with van der Waals surface area (Å²) >= 11 is 6.07. The van der Waals surface area contributed by atoms with Crippen molar-refractivity contribution in [2.75, 3.05) is 32.8 Å². The van der Waals surface area contributed by atoms with Crippen molar-refractivity contribution in [1.82, 2.24) is 9.80 Å². The van der Waals surface area contributed by atoms with Gasteiger partial charge in [-0.05, 0) is 25.5 Å². The number of halogens is 1. The molecule has 1 aliphatic rings. The van der Waals surface area contributed by atoms with E-state index in [1.807, 2.05) is 0 Å². The van der Waals surface area contributed by atoms with E-state index in [1.54, 1.807) is 41.0 Å². The lowest BCUT2D eigenvalue weighted by atomic mass is 10.2. The molecule has 0 spiro atoms. The normalized spacial score (nSPS) is 15.5. The third kappa shape index (κ3) is 3.88. The van der Waals surface area contributed by atoms with E-state index in [9.17, 15) is 9.59 Å². The number of hydrogen-bond donors (Lipinski definition) is 0. The number of benzene rings is 1. The van der Waals surface area contributed by atoms with Crippen LogP contribution in [0.3, 0.4) is 0 Å². The lowest BCUT2D eigenvalue weighted by Crippen LogP contribution is -2.37. The van der Waals surface area contributed by atoms with Crippen molar-refractivity contribution in [3.8, 4) is 0 Å². The Morgan fingerprint density at radius 1 is 1.14 bits per heavy atom. The van der Waals surface area contributed by atoms with Gasteiger partial charge in [0.1, 0.15) is 0 Å². The molecule has 1 aromatic carbocycles. The molecule has 0 atom stereocenters. The van der Waals surface area contributed by atoms with Crippen LogP contribution in [-0.4, -0.2) is 54.6 Å². The molecular weight excluding hydrogens is 292 g/mol. The summed E-state index contributed by atoms with van der Waals surface area (Å²) < 4.78 is 5.00. The first-order valence-electron chi connectivity index (χ1n) is 7.09. The molecule has 0 aromatic heterocycles. The molecule has 0 aliphatic carbocycles. The highest BCUT2D eigenvalue weighted by Gasteiger charge is 2.24. The van der Waals surface area contributed by atoms with Gasteiger partial charge in [-0.15, -0.1) is 0 Å². The van der Waals surface area contributed by atoms with Gasteiger partial charge in [-0.3, -0.25) is 4.79 Å². The monoisotopic (exact) mass is 310 g/mol. The molecule has 1 aliphatic heterocycles. The smallest absolute Gasteiger partial charge is 0.409 e. The second-order valence-electron chi connectivity index (χ2n) is 4.81. The van der Waals surface area contributed by atoms with E-state index < -0.39 is 0 Å².